The van der Waals surface area contributed by atoms with Crippen LogP contribution in [0.15, 0.2) is 48.5 Å². The fourth-order valence-electron chi connectivity index (χ4n) is 2.62. The first-order chi connectivity index (χ1) is 11.2. The summed E-state index contributed by atoms with van der Waals surface area (Å²) < 4.78 is 6.02. The lowest BCUT2D eigenvalue weighted by Crippen LogP contribution is -2.25. The van der Waals surface area contributed by atoms with Crippen molar-refractivity contribution in [3.8, 4) is 5.75 Å². The van der Waals surface area contributed by atoms with Gasteiger partial charge >= 0.3 is 0 Å². The molecule has 0 aromatic heterocycles. The van der Waals surface area contributed by atoms with E-state index in [0.717, 1.165) is 49.9 Å². The van der Waals surface area contributed by atoms with Gasteiger partial charge in [0.2, 0.25) is 0 Å². The van der Waals surface area contributed by atoms with Gasteiger partial charge in [0.15, 0.2) is 0 Å². The highest BCUT2D eigenvalue weighted by molar-refractivity contribution is 6.30. The number of ether oxygens (including phenoxy) is 1. The van der Waals surface area contributed by atoms with Crippen LogP contribution in [-0.2, 0) is 6.42 Å². The summed E-state index contributed by atoms with van der Waals surface area (Å²) in [6, 6.07) is 16.3. The molecule has 0 saturated carbocycles. The minimum absolute atomic E-state index is 0.758. The zero-order valence-corrected chi connectivity index (χ0v) is 14.9. The number of para-hydroxylation sites is 1. The second kappa shape index (κ2) is 9.59. The Labute approximate surface area is 145 Å². The van der Waals surface area contributed by atoms with E-state index in [0.29, 0.717) is 0 Å². The fraction of sp³-hybridized carbons (Fsp3) is 0.400. The predicted molar refractivity (Wildman–Crippen MR) is 98.6 cm³/mol. The van der Waals surface area contributed by atoms with Gasteiger partial charge in [-0.25, -0.2) is 0 Å². The molecule has 0 saturated heterocycles. The molecule has 3 heteroatoms. The van der Waals surface area contributed by atoms with Gasteiger partial charge < -0.3 is 9.64 Å². The quantitative estimate of drug-likeness (QED) is 0.597. The van der Waals surface area contributed by atoms with E-state index in [2.05, 4.69) is 49.1 Å². The third-order valence-electron chi connectivity index (χ3n) is 4.05. The molecule has 0 atom stereocenters. The van der Waals surface area contributed by atoms with Gasteiger partial charge in [-0.2, -0.15) is 0 Å². The van der Waals surface area contributed by atoms with E-state index in [1.807, 2.05) is 18.2 Å². The lowest BCUT2D eigenvalue weighted by atomic mass is 10.0. The van der Waals surface area contributed by atoms with E-state index >= 15 is 0 Å². The Morgan fingerprint density at radius 2 is 1.65 bits per heavy atom. The van der Waals surface area contributed by atoms with Crippen LogP contribution in [-0.4, -0.2) is 31.1 Å². The molecule has 0 amide bonds. The van der Waals surface area contributed by atoms with Crippen molar-refractivity contribution in [1.29, 1.82) is 0 Å². The summed E-state index contributed by atoms with van der Waals surface area (Å²) >= 11 is 5.95. The number of rotatable bonds is 9. The highest BCUT2D eigenvalue weighted by atomic mass is 35.5. The van der Waals surface area contributed by atoms with Crippen LogP contribution < -0.4 is 4.74 Å². The Hall–Kier alpha value is -1.51. The molecule has 0 spiro atoms. The van der Waals surface area contributed by atoms with E-state index < -0.39 is 0 Å². The summed E-state index contributed by atoms with van der Waals surface area (Å²) in [6.07, 6.45) is 1.92. The van der Waals surface area contributed by atoms with E-state index in [9.17, 15) is 0 Å². The van der Waals surface area contributed by atoms with Gasteiger partial charge in [0.05, 0.1) is 6.61 Å². The van der Waals surface area contributed by atoms with Gasteiger partial charge in [-0.3, -0.25) is 0 Å². The second-order valence-electron chi connectivity index (χ2n) is 5.64. The van der Waals surface area contributed by atoms with Crippen molar-refractivity contribution in [2.45, 2.75) is 26.7 Å². The van der Waals surface area contributed by atoms with Gasteiger partial charge in [-0.15, -0.1) is 0 Å². The molecule has 0 heterocycles. The summed E-state index contributed by atoms with van der Waals surface area (Å²) in [4.78, 5) is 2.42. The van der Waals surface area contributed by atoms with E-state index in [4.69, 9.17) is 16.3 Å². The van der Waals surface area contributed by atoms with Crippen molar-refractivity contribution < 1.29 is 4.74 Å². The van der Waals surface area contributed by atoms with Crippen LogP contribution in [0.3, 0.4) is 0 Å². The second-order valence-corrected chi connectivity index (χ2v) is 6.08. The highest BCUT2D eigenvalue weighted by Crippen LogP contribution is 2.22. The fourth-order valence-corrected chi connectivity index (χ4v) is 2.75. The topological polar surface area (TPSA) is 12.5 Å². The van der Waals surface area contributed by atoms with Gasteiger partial charge in [-0.05, 0) is 48.8 Å². The third-order valence-corrected chi connectivity index (χ3v) is 4.30. The van der Waals surface area contributed by atoms with Crippen molar-refractivity contribution in [2.75, 3.05) is 26.2 Å². The monoisotopic (exact) mass is 331 g/mol. The van der Waals surface area contributed by atoms with Gasteiger partial charge in [0, 0.05) is 18.0 Å². The Balaban J connectivity index is 1.91. The predicted octanol–water partition coefficient (Wildman–Crippen LogP) is 5.04. The van der Waals surface area contributed by atoms with E-state index in [1.54, 1.807) is 0 Å². The smallest absolute Gasteiger partial charge is 0.122 e. The summed E-state index contributed by atoms with van der Waals surface area (Å²) in [7, 11) is 0. The lowest BCUT2D eigenvalue weighted by Gasteiger charge is -2.18. The zero-order valence-electron chi connectivity index (χ0n) is 14.1. The van der Waals surface area contributed by atoms with Crippen molar-refractivity contribution >= 4 is 11.6 Å². The molecular weight excluding hydrogens is 306 g/mol. The molecule has 0 fully saturated rings. The van der Waals surface area contributed by atoms with Crippen LogP contribution in [0.1, 0.15) is 31.4 Å². The van der Waals surface area contributed by atoms with Crippen molar-refractivity contribution in [2.24, 2.45) is 0 Å². The standard InChI is InChI=1S/C20H26ClNO/c1-3-22(4-2)14-7-15-23-20-9-6-5-8-18(20)16-17-10-12-19(21)13-11-17/h5-6,8-13H,3-4,7,14-16H2,1-2H3. The molecule has 2 rings (SSSR count). The molecule has 0 aliphatic rings. The first-order valence-corrected chi connectivity index (χ1v) is 8.78. The largest absolute Gasteiger partial charge is 0.493 e. The Kier molecular flexibility index (Phi) is 7.44. The SMILES string of the molecule is CCN(CC)CCCOc1ccccc1Cc1ccc(Cl)cc1. The minimum atomic E-state index is 0.758. The summed E-state index contributed by atoms with van der Waals surface area (Å²) in [6.45, 7) is 8.45. The molecule has 124 valence electrons. The molecule has 0 bridgehead atoms. The van der Waals surface area contributed by atoms with Crippen molar-refractivity contribution in [3.05, 3.63) is 64.7 Å². The molecular formula is C20H26ClNO. The molecule has 0 unspecified atom stereocenters. The lowest BCUT2D eigenvalue weighted by molar-refractivity contribution is 0.248. The molecule has 2 nitrogen and oxygen atoms in total. The molecule has 2 aromatic carbocycles. The van der Waals surface area contributed by atoms with Crippen LogP contribution in [0.2, 0.25) is 5.02 Å². The third kappa shape index (κ3) is 5.89. The Morgan fingerprint density at radius 1 is 0.957 bits per heavy atom. The van der Waals surface area contributed by atoms with E-state index in [-0.39, 0.29) is 0 Å². The van der Waals surface area contributed by atoms with Crippen molar-refractivity contribution in [3.63, 3.8) is 0 Å². The molecule has 23 heavy (non-hydrogen) atoms. The maximum Gasteiger partial charge on any atom is 0.122 e. The Bertz CT molecular complexity index is 578. The van der Waals surface area contributed by atoms with Gasteiger partial charge in [-0.1, -0.05) is 55.8 Å². The van der Waals surface area contributed by atoms with Crippen LogP contribution in [0.5, 0.6) is 5.75 Å². The van der Waals surface area contributed by atoms with Crippen LogP contribution in [0, 0.1) is 0 Å². The zero-order chi connectivity index (χ0) is 16.5. The summed E-state index contributed by atoms with van der Waals surface area (Å²) in [5, 5.41) is 0.773. The maximum absolute atomic E-state index is 6.02. The molecule has 2 aromatic rings. The molecule has 0 radical (unpaired) electrons. The highest BCUT2D eigenvalue weighted by Gasteiger charge is 2.05. The van der Waals surface area contributed by atoms with Crippen LogP contribution >= 0.6 is 11.6 Å². The molecule has 0 aliphatic heterocycles. The number of hydrogen-bond acceptors (Lipinski definition) is 2. The van der Waals surface area contributed by atoms with Crippen LogP contribution in [0.4, 0.5) is 0 Å². The van der Waals surface area contributed by atoms with Crippen LogP contribution in [0.25, 0.3) is 0 Å². The maximum atomic E-state index is 6.02. The first kappa shape index (κ1) is 17.8. The van der Waals surface area contributed by atoms with Crippen molar-refractivity contribution in [1.82, 2.24) is 4.90 Å². The van der Waals surface area contributed by atoms with E-state index in [1.165, 1.54) is 11.1 Å². The normalized spacial score (nSPS) is 11.0. The number of halogens is 1. The number of benzene rings is 2. The van der Waals surface area contributed by atoms with Gasteiger partial charge in [0.25, 0.3) is 0 Å². The minimum Gasteiger partial charge on any atom is -0.493 e. The first-order valence-electron chi connectivity index (χ1n) is 8.40. The summed E-state index contributed by atoms with van der Waals surface area (Å²) in [5.41, 5.74) is 2.46. The van der Waals surface area contributed by atoms with Gasteiger partial charge in [0.1, 0.15) is 5.75 Å². The molecule has 0 aliphatic carbocycles. The summed E-state index contributed by atoms with van der Waals surface area (Å²) in [5.74, 6) is 0.988. The Morgan fingerprint density at radius 3 is 2.35 bits per heavy atom. The average molecular weight is 332 g/mol. The number of nitrogens with zero attached hydrogens (tertiary/aromatic N) is 1. The number of hydrogen-bond donors (Lipinski definition) is 0. The molecule has 0 N–H and O–H groups in total. The average Bonchev–Trinajstić information content (AvgIpc) is 2.58.